The molecule has 1 rings (SSSR count). The summed E-state index contributed by atoms with van der Waals surface area (Å²) in [5.41, 5.74) is -0.709. The van der Waals surface area contributed by atoms with E-state index in [4.69, 9.17) is 5.14 Å². The second-order valence-corrected chi connectivity index (χ2v) is 5.24. The number of ether oxygens (including phenoxy) is 1. The minimum atomic E-state index is -4.24. The standard InChI is InChI=1S/C7H7F2IN2O3S/c1-15-4-2-3(6(8)9)5(7(10)12-4)16(11,13)14/h2,6H,1H3,(H2,11,13,14). The number of alkyl halides is 2. The lowest BCUT2D eigenvalue weighted by Crippen LogP contribution is -2.17. The summed E-state index contributed by atoms with van der Waals surface area (Å²) in [4.78, 5) is 3.01. The number of hydrogen-bond donors (Lipinski definition) is 1. The fourth-order valence-corrected chi connectivity index (χ4v) is 3.27. The normalized spacial score (nSPS) is 11.9. The molecule has 1 aromatic rings. The third kappa shape index (κ3) is 2.77. The van der Waals surface area contributed by atoms with Gasteiger partial charge in [0.05, 0.1) is 7.11 Å². The summed E-state index contributed by atoms with van der Waals surface area (Å²) in [6.45, 7) is 0. The third-order valence-corrected chi connectivity index (χ3v) is 3.81. The van der Waals surface area contributed by atoms with Gasteiger partial charge in [0.1, 0.15) is 8.60 Å². The van der Waals surface area contributed by atoms with Crippen LogP contribution in [0.5, 0.6) is 5.88 Å². The maximum atomic E-state index is 12.6. The Morgan fingerprint density at radius 3 is 2.50 bits per heavy atom. The number of methoxy groups -OCH3 is 1. The van der Waals surface area contributed by atoms with Crippen LogP contribution in [0.25, 0.3) is 0 Å². The Kier molecular flexibility index (Phi) is 4.02. The average Bonchev–Trinajstić information content (AvgIpc) is 2.14. The van der Waals surface area contributed by atoms with Crippen LogP contribution < -0.4 is 9.88 Å². The molecule has 1 heterocycles. The molecule has 0 bridgehead atoms. The Morgan fingerprint density at radius 2 is 2.12 bits per heavy atom. The van der Waals surface area contributed by atoms with E-state index in [1.165, 1.54) is 29.7 Å². The van der Waals surface area contributed by atoms with E-state index < -0.39 is 26.9 Å². The molecule has 0 aliphatic heterocycles. The summed E-state index contributed by atoms with van der Waals surface area (Å²) in [7, 11) is -3.00. The number of nitrogens with two attached hydrogens (primary N) is 1. The first-order valence-electron chi connectivity index (χ1n) is 3.82. The van der Waals surface area contributed by atoms with E-state index in [1.807, 2.05) is 0 Å². The van der Waals surface area contributed by atoms with Crippen LogP contribution in [-0.2, 0) is 10.0 Å². The Bertz CT molecular complexity index is 507. The molecule has 16 heavy (non-hydrogen) atoms. The largest absolute Gasteiger partial charge is 0.481 e. The van der Waals surface area contributed by atoms with Gasteiger partial charge in [-0.3, -0.25) is 0 Å². The van der Waals surface area contributed by atoms with Gasteiger partial charge in [0.25, 0.3) is 6.43 Å². The fraction of sp³-hybridized carbons (Fsp3) is 0.286. The molecular formula is C7H7F2IN2O3S. The van der Waals surface area contributed by atoms with Crippen molar-refractivity contribution in [3.05, 3.63) is 15.3 Å². The second-order valence-electron chi connectivity index (χ2n) is 2.72. The maximum absolute atomic E-state index is 12.6. The van der Waals surface area contributed by atoms with Crippen molar-refractivity contribution in [1.82, 2.24) is 4.98 Å². The summed E-state index contributed by atoms with van der Waals surface area (Å²) in [6.07, 6.45) is -2.97. The highest BCUT2D eigenvalue weighted by molar-refractivity contribution is 14.1. The van der Waals surface area contributed by atoms with Gasteiger partial charge in [-0.15, -0.1) is 0 Å². The van der Waals surface area contributed by atoms with Crippen LogP contribution in [0.15, 0.2) is 11.0 Å². The van der Waals surface area contributed by atoms with Crippen LogP contribution >= 0.6 is 22.6 Å². The van der Waals surface area contributed by atoms with Crippen LogP contribution in [-0.4, -0.2) is 20.5 Å². The van der Waals surface area contributed by atoms with Crippen molar-refractivity contribution in [1.29, 1.82) is 0 Å². The molecule has 0 atom stereocenters. The minimum Gasteiger partial charge on any atom is -0.481 e. The molecule has 0 aromatic carbocycles. The van der Waals surface area contributed by atoms with E-state index in [2.05, 4.69) is 9.72 Å². The molecule has 0 unspecified atom stereocenters. The van der Waals surface area contributed by atoms with Crippen LogP contribution in [0.3, 0.4) is 0 Å². The Labute approximate surface area is 104 Å². The van der Waals surface area contributed by atoms with Gasteiger partial charge in [-0.1, -0.05) is 0 Å². The Hall–Kier alpha value is -0.550. The number of pyridine rings is 1. The summed E-state index contributed by atoms with van der Waals surface area (Å²) in [5, 5.41) is 4.84. The first kappa shape index (κ1) is 13.5. The molecule has 0 spiro atoms. The first-order chi connectivity index (χ1) is 7.27. The monoisotopic (exact) mass is 364 g/mol. The van der Waals surface area contributed by atoms with E-state index >= 15 is 0 Å². The van der Waals surface area contributed by atoms with Crippen LogP contribution in [0.4, 0.5) is 8.78 Å². The number of nitrogens with zero attached hydrogens (tertiary/aromatic N) is 1. The first-order valence-corrected chi connectivity index (χ1v) is 6.45. The number of halogens is 3. The molecule has 0 amide bonds. The molecule has 0 saturated carbocycles. The summed E-state index contributed by atoms with van der Waals surface area (Å²) >= 11 is 1.51. The molecule has 0 aliphatic rings. The van der Waals surface area contributed by atoms with E-state index in [9.17, 15) is 17.2 Å². The Morgan fingerprint density at radius 1 is 1.56 bits per heavy atom. The zero-order valence-electron chi connectivity index (χ0n) is 7.95. The second kappa shape index (κ2) is 4.75. The van der Waals surface area contributed by atoms with E-state index in [-0.39, 0.29) is 9.58 Å². The minimum absolute atomic E-state index is 0.0906. The number of aromatic nitrogens is 1. The van der Waals surface area contributed by atoms with E-state index in [0.29, 0.717) is 0 Å². The van der Waals surface area contributed by atoms with Crippen molar-refractivity contribution in [2.75, 3.05) is 7.11 Å². The SMILES string of the molecule is COc1cc(C(F)F)c(S(N)(=O)=O)c(I)n1. The highest BCUT2D eigenvalue weighted by Gasteiger charge is 2.25. The molecule has 0 fully saturated rings. The lowest BCUT2D eigenvalue weighted by Gasteiger charge is -2.10. The predicted molar refractivity (Wildman–Crippen MR) is 59.8 cm³/mol. The summed E-state index contributed by atoms with van der Waals surface area (Å²) < 4.78 is 52.1. The van der Waals surface area contributed by atoms with Crippen LogP contribution in [0.1, 0.15) is 12.0 Å². The number of primary sulfonamides is 1. The molecule has 5 nitrogen and oxygen atoms in total. The van der Waals surface area contributed by atoms with Crippen molar-refractivity contribution in [2.45, 2.75) is 11.3 Å². The zero-order chi connectivity index (χ0) is 12.5. The third-order valence-electron chi connectivity index (χ3n) is 1.67. The highest BCUT2D eigenvalue weighted by Crippen LogP contribution is 2.31. The van der Waals surface area contributed by atoms with Crippen molar-refractivity contribution >= 4 is 32.6 Å². The molecule has 2 N–H and O–H groups in total. The molecular weight excluding hydrogens is 357 g/mol. The van der Waals surface area contributed by atoms with Gasteiger partial charge in [-0.25, -0.2) is 27.3 Å². The lowest BCUT2D eigenvalue weighted by molar-refractivity contribution is 0.147. The van der Waals surface area contributed by atoms with E-state index in [1.54, 1.807) is 0 Å². The molecule has 0 saturated heterocycles. The van der Waals surface area contributed by atoms with E-state index in [0.717, 1.165) is 6.07 Å². The molecule has 0 aliphatic carbocycles. The van der Waals surface area contributed by atoms with Gasteiger partial charge in [-0.2, -0.15) is 0 Å². The predicted octanol–water partition coefficient (Wildman–Crippen LogP) is 1.28. The van der Waals surface area contributed by atoms with Gasteiger partial charge < -0.3 is 4.74 Å². The van der Waals surface area contributed by atoms with Crippen molar-refractivity contribution in [3.63, 3.8) is 0 Å². The molecule has 90 valence electrons. The molecule has 9 heteroatoms. The quantitative estimate of drug-likeness (QED) is 0.647. The van der Waals surface area contributed by atoms with Gasteiger partial charge >= 0.3 is 0 Å². The Balaban J connectivity index is 3.59. The number of sulfonamides is 1. The smallest absolute Gasteiger partial charge is 0.265 e. The van der Waals surface area contributed by atoms with Crippen molar-refractivity contribution in [2.24, 2.45) is 5.14 Å². The van der Waals surface area contributed by atoms with Gasteiger partial charge in [0.15, 0.2) is 0 Å². The molecule has 0 radical (unpaired) electrons. The zero-order valence-corrected chi connectivity index (χ0v) is 10.9. The summed E-state index contributed by atoms with van der Waals surface area (Å²) in [6, 6.07) is 0.854. The maximum Gasteiger partial charge on any atom is 0.265 e. The highest BCUT2D eigenvalue weighted by atomic mass is 127. The number of hydrogen-bond acceptors (Lipinski definition) is 4. The van der Waals surface area contributed by atoms with Gasteiger partial charge in [0, 0.05) is 11.6 Å². The summed E-state index contributed by atoms with van der Waals surface area (Å²) in [5.74, 6) is -0.0906. The van der Waals surface area contributed by atoms with Crippen molar-refractivity contribution < 1.29 is 21.9 Å². The topological polar surface area (TPSA) is 82.3 Å². The van der Waals surface area contributed by atoms with Crippen LogP contribution in [0.2, 0.25) is 0 Å². The number of rotatable bonds is 3. The molecule has 1 aromatic heterocycles. The lowest BCUT2D eigenvalue weighted by atomic mass is 10.3. The van der Waals surface area contributed by atoms with Gasteiger partial charge in [-0.05, 0) is 22.6 Å². The van der Waals surface area contributed by atoms with Crippen molar-refractivity contribution in [3.8, 4) is 5.88 Å². The average molecular weight is 364 g/mol. The van der Waals surface area contributed by atoms with Gasteiger partial charge in [0.2, 0.25) is 15.9 Å². The fourth-order valence-electron chi connectivity index (χ4n) is 1.05. The van der Waals surface area contributed by atoms with Crippen LogP contribution in [0, 0.1) is 3.70 Å².